The minimum atomic E-state index is 0. The van der Waals surface area contributed by atoms with E-state index in [9.17, 15) is 4.79 Å². The summed E-state index contributed by atoms with van der Waals surface area (Å²) in [6.45, 7) is 7.39. The second-order valence-corrected chi connectivity index (χ2v) is 8.22. The molecule has 1 N–H and O–H groups in total. The molecule has 1 aromatic heterocycles. The first kappa shape index (κ1) is 19.7. The van der Waals surface area contributed by atoms with Gasteiger partial charge < -0.3 is 10.2 Å². The van der Waals surface area contributed by atoms with E-state index in [1.165, 1.54) is 29.8 Å². The lowest BCUT2D eigenvalue weighted by atomic mass is 10.0. The summed E-state index contributed by atoms with van der Waals surface area (Å²) in [6.07, 6.45) is 8.31. The van der Waals surface area contributed by atoms with Gasteiger partial charge in [0, 0.05) is 24.0 Å². The van der Waals surface area contributed by atoms with Crippen molar-refractivity contribution < 1.29 is 4.79 Å². The van der Waals surface area contributed by atoms with E-state index < -0.39 is 0 Å². The molecule has 1 saturated heterocycles. The van der Waals surface area contributed by atoms with Gasteiger partial charge in [-0.25, -0.2) is 0 Å². The average molecular weight is 371 g/mol. The highest BCUT2D eigenvalue weighted by molar-refractivity contribution is 7.14. The smallest absolute Gasteiger partial charge is 0.263 e. The molecule has 2 heterocycles. The number of piperidine rings is 1. The lowest BCUT2D eigenvalue weighted by Gasteiger charge is -2.32. The second kappa shape index (κ2) is 9.21. The number of likely N-dealkylation sites (tertiary alicyclic amines) is 1. The molecule has 1 aliphatic heterocycles. The standard InChI is InChI=1S/C19H30N2OS.ClH/c1-3-5-17-15(4-2)12-18(23-17)19(22)21-10-8-16(9-11-21)20-13-14-6-7-14;/h12,14,16,20H,3-11,13H2,1-2H3;1H. The molecular formula is C19H31ClN2OS. The van der Waals surface area contributed by atoms with Crippen molar-refractivity contribution in [2.45, 2.75) is 64.8 Å². The summed E-state index contributed by atoms with van der Waals surface area (Å²) in [5.74, 6) is 1.19. The van der Waals surface area contributed by atoms with Crippen LogP contribution in [-0.2, 0) is 12.8 Å². The molecule has 1 aromatic rings. The van der Waals surface area contributed by atoms with E-state index in [2.05, 4.69) is 30.1 Å². The number of hydrogen-bond acceptors (Lipinski definition) is 3. The Morgan fingerprint density at radius 3 is 2.54 bits per heavy atom. The molecule has 5 heteroatoms. The summed E-state index contributed by atoms with van der Waals surface area (Å²) >= 11 is 1.73. The van der Waals surface area contributed by atoms with E-state index in [0.717, 1.165) is 56.0 Å². The number of aryl methyl sites for hydroxylation is 2. The third-order valence-electron chi connectivity index (χ3n) is 5.14. The number of thiophene rings is 1. The largest absolute Gasteiger partial charge is 0.338 e. The van der Waals surface area contributed by atoms with Gasteiger partial charge in [-0.2, -0.15) is 0 Å². The number of nitrogens with zero attached hydrogens (tertiary/aromatic N) is 1. The van der Waals surface area contributed by atoms with Gasteiger partial charge in [0.15, 0.2) is 0 Å². The van der Waals surface area contributed by atoms with Gasteiger partial charge in [-0.1, -0.05) is 20.3 Å². The highest BCUT2D eigenvalue weighted by Crippen LogP contribution is 2.29. The van der Waals surface area contributed by atoms with Gasteiger partial charge in [-0.3, -0.25) is 4.79 Å². The summed E-state index contributed by atoms with van der Waals surface area (Å²) in [4.78, 5) is 17.2. The predicted octanol–water partition coefficient (Wildman–Crippen LogP) is 4.29. The molecule has 0 bridgehead atoms. The van der Waals surface area contributed by atoms with E-state index >= 15 is 0 Å². The normalized spacial score (nSPS) is 18.5. The predicted molar refractivity (Wildman–Crippen MR) is 105 cm³/mol. The van der Waals surface area contributed by atoms with Crippen LogP contribution in [0.2, 0.25) is 0 Å². The van der Waals surface area contributed by atoms with Gasteiger partial charge in [-0.15, -0.1) is 23.7 Å². The first-order valence-corrected chi connectivity index (χ1v) is 10.2. The van der Waals surface area contributed by atoms with Gasteiger partial charge >= 0.3 is 0 Å². The minimum absolute atomic E-state index is 0. The molecule has 2 fully saturated rings. The Bertz CT molecular complexity index is 533. The number of halogens is 1. The molecule has 1 saturated carbocycles. The monoisotopic (exact) mass is 370 g/mol. The van der Waals surface area contributed by atoms with E-state index in [1.54, 1.807) is 11.3 Å². The summed E-state index contributed by atoms with van der Waals surface area (Å²) in [5.41, 5.74) is 1.38. The molecular weight excluding hydrogens is 340 g/mol. The number of hydrogen-bond donors (Lipinski definition) is 1. The molecule has 1 aliphatic carbocycles. The van der Waals surface area contributed by atoms with Crippen LogP contribution in [0.4, 0.5) is 0 Å². The van der Waals surface area contributed by atoms with Crippen LogP contribution < -0.4 is 5.32 Å². The maximum Gasteiger partial charge on any atom is 0.263 e. The van der Waals surface area contributed by atoms with Gasteiger partial charge in [-0.05, 0) is 62.6 Å². The molecule has 0 spiro atoms. The van der Waals surface area contributed by atoms with Crippen LogP contribution in [0, 0.1) is 5.92 Å². The molecule has 0 aromatic carbocycles. The Labute approximate surface area is 156 Å². The van der Waals surface area contributed by atoms with Crippen LogP contribution in [0.3, 0.4) is 0 Å². The SMILES string of the molecule is CCCc1sc(C(=O)N2CCC(NCC3CC3)CC2)cc1CC.Cl. The maximum absolute atomic E-state index is 12.8. The summed E-state index contributed by atoms with van der Waals surface area (Å²) in [5, 5.41) is 3.69. The highest BCUT2D eigenvalue weighted by atomic mass is 35.5. The zero-order valence-corrected chi connectivity index (χ0v) is 16.6. The number of nitrogens with one attached hydrogen (secondary N) is 1. The molecule has 3 rings (SSSR count). The second-order valence-electron chi connectivity index (χ2n) is 7.08. The average Bonchev–Trinajstić information content (AvgIpc) is 3.32. The van der Waals surface area contributed by atoms with Crippen molar-refractivity contribution in [3.8, 4) is 0 Å². The molecule has 24 heavy (non-hydrogen) atoms. The third kappa shape index (κ3) is 4.96. The summed E-state index contributed by atoms with van der Waals surface area (Å²) in [6, 6.07) is 2.76. The van der Waals surface area contributed by atoms with Gasteiger partial charge in [0.05, 0.1) is 4.88 Å². The molecule has 0 atom stereocenters. The number of rotatable bonds is 7. The first-order chi connectivity index (χ1) is 11.2. The van der Waals surface area contributed by atoms with Crippen LogP contribution in [0.5, 0.6) is 0 Å². The van der Waals surface area contributed by atoms with Crippen LogP contribution in [-0.4, -0.2) is 36.5 Å². The van der Waals surface area contributed by atoms with Crippen molar-refractivity contribution in [1.82, 2.24) is 10.2 Å². The Balaban J connectivity index is 0.00000208. The van der Waals surface area contributed by atoms with Crippen molar-refractivity contribution in [3.63, 3.8) is 0 Å². The molecule has 136 valence electrons. The van der Waals surface area contributed by atoms with Crippen molar-refractivity contribution in [2.75, 3.05) is 19.6 Å². The summed E-state index contributed by atoms with van der Waals surface area (Å²) < 4.78 is 0. The number of carbonyl (C=O) groups is 1. The van der Waals surface area contributed by atoms with Crippen LogP contribution in [0.1, 0.15) is 66.1 Å². The maximum atomic E-state index is 12.8. The molecule has 1 amide bonds. The quantitative estimate of drug-likeness (QED) is 0.776. The van der Waals surface area contributed by atoms with E-state index in [1.807, 2.05) is 0 Å². The molecule has 0 unspecified atom stereocenters. The zero-order valence-electron chi connectivity index (χ0n) is 15.0. The minimum Gasteiger partial charge on any atom is -0.338 e. The fourth-order valence-corrected chi connectivity index (χ4v) is 4.73. The van der Waals surface area contributed by atoms with Crippen molar-refractivity contribution in [3.05, 3.63) is 21.4 Å². The van der Waals surface area contributed by atoms with E-state index in [-0.39, 0.29) is 18.3 Å². The highest BCUT2D eigenvalue weighted by Gasteiger charge is 2.27. The Kier molecular flexibility index (Phi) is 7.58. The van der Waals surface area contributed by atoms with Gasteiger partial charge in [0.1, 0.15) is 0 Å². The Morgan fingerprint density at radius 1 is 1.25 bits per heavy atom. The van der Waals surface area contributed by atoms with Crippen molar-refractivity contribution in [2.24, 2.45) is 5.92 Å². The topological polar surface area (TPSA) is 32.3 Å². The van der Waals surface area contributed by atoms with Crippen LogP contribution >= 0.6 is 23.7 Å². The molecule has 2 aliphatic rings. The molecule has 3 nitrogen and oxygen atoms in total. The lowest BCUT2D eigenvalue weighted by molar-refractivity contribution is 0.0710. The summed E-state index contributed by atoms with van der Waals surface area (Å²) in [7, 11) is 0. The molecule has 0 radical (unpaired) electrons. The van der Waals surface area contributed by atoms with Crippen LogP contribution in [0.15, 0.2) is 6.07 Å². The van der Waals surface area contributed by atoms with Crippen molar-refractivity contribution >= 4 is 29.7 Å². The first-order valence-electron chi connectivity index (χ1n) is 9.35. The van der Waals surface area contributed by atoms with Crippen LogP contribution in [0.25, 0.3) is 0 Å². The Hall–Kier alpha value is -0.580. The number of amides is 1. The van der Waals surface area contributed by atoms with E-state index in [0.29, 0.717) is 6.04 Å². The van der Waals surface area contributed by atoms with Crippen molar-refractivity contribution in [1.29, 1.82) is 0 Å². The van der Waals surface area contributed by atoms with E-state index in [4.69, 9.17) is 0 Å². The number of carbonyl (C=O) groups excluding carboxylic acids is 1. The fourth-order valence-electron chi connectivity index (χ4n) is 3.41. The Morgan fingerprint density at radius 2 is 1.96 bits per heavy atom. The fraction of sp³-hybridized carbons (Fsp3) is 0.737. The van der Waals surface area contributed by atoms with Gasteiger partial charge in [0.25, 0.3) is 5.91 Å². The third-order valence-corrected chi connectivity index (χ3v) is 6.36. The lowest BCUT2D eigenvalue weighted by Crippen LogP contribution is -2.45. The zero-order chi connectivity index (χ0) is 16.2. The van der Waals surface area contributed by atoms with Gasteiger partial charge in [0.2, 0.25) is 0 Å².